The van der Waals surface area contributed by atoms with E-state index in [2.05, 4.69) is 5.10 Å². The number of benzene rings is 1. The molecule has 5 nitrogen and oxygen atoms in total. The smallest absolute Gasteiger partial charge is 0.263 e. The maximum absolute atomic E-state index is 12.8. The first-order valence-corrected chi connectivity index (χ1v) is 7.47. The molecule has 2 aromatic heterocycles. The lowest BCUT2D eigenvalue weighted by Crippen LogP contribution is -2.22. The number of hydrogen-bond acceptors (Lipinski definition) is 3. The number of fused-ring (bicyclic) bond motifs is 1. The van der Waals surface area contributed by atoms with Crippen LogP contribution in [0.4, 0.5) is 0 Å². The maximum Gasteiger partial charge on any atom is 0.263 e. The molecule has 0 aliphatic heterocycles. The van der Waals surface area contributed by atoms with Gasteiger partial charge >= 0.3 is 0 Å². The first-order valence-electron chi connectivity index (χ1n) is 7.47. The van der Waals surface area contributed by atoms with E-state index >= 15 is 0 Å². The molecule has 1 aromatic carbocycles. The van der Waals surface area contributed by atoms with Crippen LogP contribution in [0.1, 0.15) is 19.4 Å². The zero-order valence-electron chi connectivity index (χ0n) is 13.0. The first-order chi connectivity index (χ1) is 10.6. The van der Waals surface area contributed by atoms with E-state index in [4.69, 9.17) is 0 Å². The molecule has 3 aromatic rings. The molecule has 0 radical (unpaired) electrons. The lowest BCUT2D eigenvalue weighted by atomic mass is 10.00. The summed E-state index contributed by atoms with van der Waals surface area (Å²) in [5, 5.41) is 15.7. The Morgan fingerprint density at radius 1 is 1.18 bits per heavy atom. The van der Waals surface area contributed by atoms with E-state index in [1.54, 1.807) is 15.4 Å². The standard InChI is InChI=1S/C17H19N3O2/c1-4-19-10-13-15(21)14(12-9-7-6-8-11(12)3)17(22)20(5-2)16(13)18-19/h6-10,21H,4-5H2,1-3H3. The van der Waals surface area contributed by atoms with Gasteiger partial charge in [-0.05, 0) is 31.9 Å². The molecule has 0 aliphatic rings. The van der Waals surface area contributed by atoms with Crippen molar-refractivity contribution in [1.29, 1.82) is 0 Å². The summed E-state index contributed by atoms with van der Waals surface area (Å²) in [4.78, 5) is 12.8. The van der Waals surface area contributed by atoms with Crippen LogP contribution in [0.2, 0.25) is 0 Å². The Hall–Kier alpha value is -2.56. The van der Waals surface area contributed by atoms with Gasteiger partial charge in [-0.2, -0.15) is 5.10 Å². The molecule has 0 saturated carbocycles. The van der Waals surface area contributed by atoms with Crippen LogP contribution in [-0.2, 0) is 13.1 Å². The summed E-state index contributed by atoms with van der Waals surface area (Å²) in [6.45, 7) is 7.01. The van der Waals surface area contributed by atoms with E-state index in [9.17, 15) is 9.90 Å². The first kappa shape index (κ1) is 14.4. The normalized spacial score (nSPS) is 11.2. The third kappa shape index (κ3) is 2.01. The number of aromatic hydroxyl groups is 1. The minimum Gasteiger partial charge on any atom is -0.506 e. The summed E-state index contributed by atoms with van der Waals surface area (Å²) in [5.41, 5.74) is 2.40. The van der Waals surface area contributed by atoms with Crippen molar-refractivity contribution in [3.8, 4) is 16.9 Å². The van der Waals surface area contributed by atoms with Crippen molar-refractivity contribution < 1.29 is 5.11 Å². The van der Waals surface area contributed by atoms with E-state index in [0.717, 1.165) is 11.1 Å². The maximum atomic E-state index is 12.8. The summed E-state index contributed by atoms with van der Waals surface area (Å²) in [7, 11) is 0. The molecule has 0 fully saturated rings. The molecule has 114 valence electrons. The molecule has 0 amide bonds. The highest BCUT2D eigenvalue weighted by molar-refractivity contribution is 5.90. The van der Waals surface area contributed by atoms with Crippen molar-refractivity contribution in [2.24, 2.45) is 0 Å². The van der Waals surface area contributed by atoms with Gasteiger partial charge in [0.05, 0.1) is 10.9 Å². The molecule has 3 rings (SSSR count). The minimum absolute atomic E-state index is 0.0127. The molecule has 0 atom stereocenters. The molecule has 5 heteroatoms. The third-order valence-electron chi connectivity index (χ3n) is 4.00. The molecular formula is C17H19N3O2. The highest BCUT2D eigenvalue weighted by Crippen LogP contribution is 2.34. The Balaban J connectivity index is 2.46. The summed E-state index contributed by atoms with van der Waals surface area (Å²) in [6, 6.07) is 7.59. The topological polar surface area (TPSA) is 60.1 Å². The van der Waals surface area contributed by atoms with Crippen LogP contribution in [0.3, 0.4) is 0 Å². The van der Waals surface area contributed by atoms with E-state index in [0.29, 0.717) is 29.7 Å². The molecule has 0 spiro atoms. The van der Waals surface area contributed by atoms with Gasteiger partial charge in [0.15, 0.2) is 5.65 Å². The van der Waals surface area contributed by atoms with E-state index < -0.39 is 0 Å². The van der Waals surface area contributed by atoms with Crippen LogP contribution in [0, 0.1) is 6.92 Å². The highest BCUT2D eigenvalue weighted by Gasteiger charge is 2.20. The van der Waals surface area contributed by atoms with Crippen LogP contribution in [0.15, 0.2) is 35.3 Å². The van der Waals surface area contributed by atoms with Crippen LogP contribution in [-0.4, -0.2) is 19.5 Å². The SMILES string of the molecule is CCn1cc2c(O)c(-c3ccccc3C)c(=O)n(CC)c2n1. The largest absolute Gasteiger partial charge is 0.506 e. The monoisotopic (exact) mass is 297 g/mol. The number of nitrogens with zero attached hydrogens (tertiary/aromatic N) is 3. The fourth-order valence-electron chi connectivity index (χ4n) is 2.80. The van der Waals surface area contributed by atoms with E-state index in [1.807, 2.05) is 45.0 Å². The summed E-state index contributed by atoms with van der Waals surface area (Å²) in [6.07, 6.45) is 1.79. The quantitative estimate of drug-likeness (QED) is 0.808. The van der Waals surface area contributed by atoms with Gasteiger partial charge in [0.25, 0.3) is 5.56 Å². The Labute approximate surface area is 128 Å². The molecule has 0 bridgehead atoms. The van der Waals surface area contributed by atoms with E-state index in [-0.39, 0.29) is 11.3 Å². The van der Waals surface area contributed by atoms with Crippen molar-refractivity contribution in [2.45, 2.75) is 33.9 Å². The van der Waals surface area contributed by atoms with Crippen LogP contribution in [0.5, 0.6) is 5.75 Å². The summed E-state index contributed by atoms with van der Waals surface area (Å²) < 4.78 is 3.35. The van der Waals surface area contributed by atoms with Crippen LogP contribution < -0.4 is 5.56 Å². The predicted molar refractivity (Wildman–Crippen MR) is 87.2 cm³/mol. The van der Waals surface area contributed by atoms with Gasteiger partial charge in [0.2, 0.25) is 0 Å². The van der Waals surface area contributed by atoms with E-state index in [1.165, 1.54) is 0 Å². The van der Waals surface area contributed by atoms with Crippen molar-refractivity contribution in [2.75, 3.05) is 0 Å². The van der Waals surface area contributed by atoms with Gasteiger partial charge < -0.3 is 5.11 Å². The molecule has 22 heavy (non-hydrogen) atoms. The second-order valence-electron chi connectivity index (χ2n) is 5.31. The Bertz CT molecular complexity index is 906. The van der Waals surface area contributed by atoms with Crippen molar-refractivity contribution in [3.05, 3.63) is 46.4 Å². The van der Waals surface area contributed by atoms with Crippen LogP contribution >= 0.6 is 0 Å². The number of aromatic nitrogens is 3. The highest BCUT2D eigenvalue weighted by atomic mass is 16.3. The molecule has 0 aliphatic carbocycles. The second-order valence-corrected chi connectivity index (χ2v) is 5.31. The zero-order chi connectivity index (χ0) is 15.9. The van der Waals surface area contributed by atoms with Crippen molar-refractivity contribution in [3.63, 3.8) is 0 Å². The second kappa shape index (κ2) is 5.33. The van der Waals surface area contributed by atoms with Crippen LogP contribution in [0.25, 0.3) is 22.2 Å². The number of rotatable bonds is 3. The fourth-order valence-corrected chi connectivity index (χ4v) is 2.80. The van der Waals surface area contributed by atoms with Gasteiger partial charge in [-0.25, -0.2) is 0 Å². The molecule has 0 unspecified atom stereocenters. The molecular weight excluding hydrogens is 278 g/mol. The van der Waals surface area contributed by atoms with Gasteiger partial charge in [-0.1, -0.05) is 24.3 Å². The number of pyridine rings is 1. The summed E-state index contributed by atoms with van der Waals surface area (Å²) >= 11 is 0. The number of aryl methyl sites for hydroxylation is 3. The average molecular weight is 297 g/mol. The number of hydrogen-bond donors (Lipinski definition) is 1. The third-order valence-corrected chi connectivity index (χ3v) is 4.00. The lowest BCUT2D eigenvalue weighted by Gasteiger charge is -2.11. The molecule has 0 saturated heterocycles. The molecule has 2 heterocycles. The molecule has 1 N–H and O–H groups in total. The lowest BCUT2D eigenvalue weighted by molar-refractivity contribution is 0.481. The summed E-state index contributed by atoms with van der Waals surface area (Å²) in [5.74, 6) is 0.0127. The Morgan fingerprint density at radius 2 is 1.91 bits per heavy atom. The van der Waals surface area contributed by atoms with Gasteiger partial charge in [-0.3, -0.25) is 14.0 Å². The van der Waals surface area contributed by atoms with Gasteiger partial charge in [0, 0.05) is 19.3 Å². The van der Waals surface area contributed by atoms with Crippen molar-refractivity contribution >= 4 is 11.0 Å². The Morgan fingerprint density at radius 3 is 2.55 bits per heavy atom. The fraction of sp³-hybridized carbons (Fsp3) is 0.294. The Kier molecular flexibility index (Phi) is 3.48. The van der Waals surface area contributed by atoms with Gasteiger partial charge in [0.1, 0.15) is 5.75 Å². The minimum atomic E-state index is -0.205. The van der Waals surface area contributed by atoms with Crippen molar-refractivity contribution in [1.82, 2.24) is 14.3 Å². The predicted octanol–water partition coefficient (Wildman–Crippen LogP) is 2.92. The average Bonchev–Trinajstić information content (AvgIpc) is 2.94. The van der Waals surface area contributed by atoms with Gasteiger partial charge in [-0.15, -0.1) is 0 Å². The zero-order valence-corrected chi connectivity index (χ0v) is 13.0.